The van der Waals surface area contributed by atoms with Crippen LogP contribution in [-0.4, -0.2) is 37.5 Å². The van der Waals surface area contributed by atoms with Crippen molar-refractivity contribution < 1.29 is 28.8 Å². The van der Waals surface area contributed by atoms with Gasteiger partial charge in [-0.3, -0.25) is 9.88 Å². The minimum Gasteiger partial charge on any atom is -0.497 e. The molecule has 8 heteroatoms. The van der Waals surface area contributed by atoms with E-state index in [0.717, 1.165) is 22.1 Å². The number of benzene rings is 3. The lowest BCUT2D eigenvalue weighted by Crippen LogP contribution is -2.32. The van der Waals surface area contributed by atoms with Crippen LogP contribution in [0.25, 0.3) is 10.9 Å². The van der Waals surface area contributed by atoms with Gasteiger partial charge >= 0.3 is 6.09 Å². The van der Waals surface area contributed by atoms with Gasteiger partial charge in [-0.05, 0) is 73.9 Å². The predicted molar refractivity (Wildman–Crippen MR) is 143 cm³/mol. The molecule has 1 amide bonds. The summed E-state index contributed by atoms with van der Waals surface area (Å²) >= 11 is 0. The molecule has 1 unspecified atom stereocenters. The Bertz CT molecular complexity index is 1450. The fourth-order valence-corrected chi connectivity index (χ4v) is 4.34. The van der Waals surface area contributed by atoms with E-state index in [1.54, 1.807) is 51.8 Å². The minimum atomic E-state index is -1.05. The van der Waals surface area contributed by atoms with E-state index in [0.29, 0.717) is 40.0 Å². The molecule has 0 saturated carbocycles. The van der Waals surface area contributed by atoms with Gasteiger partial charge in [0.25, 0.3) is 0 Å². The van der Waals surface area contributed by atoms with Crippen molar-refractivity contribution in [1.29, 1.82) is 0 Å². The van der Waals surface area contributed by atoms with Gasteiger partial charge in [0.15, 0.2) is 11.5 Å². The Hall–Kier alpha value is -4.46. The molecule has 0 radical (unpaired) electrons. The fraction of sp³-hybridized carbons (Fsp3) is 0.241. The standard InChI is InChI=1S/C29H30N2O6/c1-17-18(2)25(37-26-12-13-30-23-16-28(36-6)27(35-5)15-22(23)26)11-10-24(17)31(29(32)33)19(3)20-8-7-9-21(14-20)34-4/h7-16,19H,1-6H3,(H,32,33). The van der Waals surface area contributed by atoms with Crippen LogP contribution in [0.4, 0.5) is 10.5 Å². The number of pyridine rings is 1. The summed E-state index contributed by atoms with van der Waals surface area (Å²) in [5.74, 6) is 3.03. The molecule has 4 aromatic rings. The normalized spacial score (nSPS) is 11.6. The lowest BCUT2D eigenvalue weighted by molar-refractivity contribution is 0.199. The smallest absolute Gasteiger partial charge is 0.412 e. The SMILES string of the molecule is COc1cccc(C(C)N(C(=O)O)c2ccc(Oc3ccnc4cc(OC)c(OC)cc34)c(C)c2C)c1. The first-order chi connectivity index (χ1) is 17.8. The molecule has 3 aromatic carbocycles. The zero-order valence-electron chi connectivity index (χ0n) is 21.7. The number of nitrogens with zero attached hydrogens (tertiary/aromatic N) is 2. The molecule has 1 N–H and O–H groups in total. The first-order valence-electron chi connectivity index (χ1n) is 11.7. The fourth-order valence-electron chi connectivity index (χ4n) is 4.34. The van der Waals surface area contributed by atoms with Gasteiger partial charge in [-0.2, -0.15) is 0 Å². The number of carboxylic acid groups (broad SMARTS) is 1. The Labute approximate surface area is 216 Å². The quantitative estimate of drug-likeness (QED) is 0.280. The van der Waals surface area contributed by atoms with Crippen LogP contribution in [-0.2, 0) is 0 Å². The highest BCUT2D eigenvalue weighted by Gasteiger charge is 2.26. The third kappa shape index (κ3) is 4.95. The zero-order valence-corrected chi connectivity index (χ0v) is 21.7. The molecule has 4 rings (SSSR count). The van der Waals surface area contributed by atoms with Crippen LogP contribution in [0.2, 0.25) is 0 Å². The monoisotopic (exact) mass is 502 g/mol. The first-order valence-corrected chi connectivity index (χ1v) is 11.7. The summed E-state index contributed by atoms with van der Waals surface area (Å²) in [7, 11) is 4.74. The van der Waals surface area contributed by atoms with Crippen LogP contribution in [0.5, 0.6) is 28.7 Å². The van der Waals surface area contributed by atoms with E-state index < -0.39 is 12.1 Å². The Balaban J connectivity index is 1.72. The number of hydrogen-bond donors (Lipinski definition) is 1. The molecule has 1 atom stereocenters. The molecule has 37 heavy (non-hydrogen) atoms. The van der Waals surface area contributed by atoms with Crippen LogP contribution in [0.1, 0.15) is 29.7 Å². The molecule has 0 aliphatic heterocycles. The number of rotatable bonds is 8. The number of amides is 1. The number of anilines is 1. The minimum absolute atomic E-state index is 0.441. The predicted octanol–water partition coefficient (Wildman–Crippen LogP) is 6.92. The van der Waals surface area contributed by atoms with Gasteiger partial charge in [-0.25, -0.2) is 4.79 Å². The molecule has 0 saturated heterocycles. The van der Waals surface area contributed by atoms with Crippen molar-refractivity contribution in [2.75, 3.05) is 26.2 Å². The highest BCUT2D eigenvalue weighted by Crippen LogP contribution is 2.40. The van der Waals surface area contributed by atoms with E-state index >= 15 is 0 Å². The second kappa shape index (κ2) is 10.7. The lowest BCUT2D eigenvalue weighted by atomic mass is 10.0. The van der Waals surface area contributed by atoms with E-state index in [1.165, 1.54) is 4.90 Å². The van der Waals surface area contributed by atoms with Gasteiger partial charge in [0.2, 0.25) is 0 Å². The topological polar surface area (TPSA) is 90.4 Å². The molecule has 0 fully saturated rings. The molecule has 0 bridgehead atoms. The highest BCUT2D eigenvalue weighted by molar-refractivity contribution is 5.90. The molecule has 192 valence electrons. The molecule has 0 aliphatic carbocycles. The number of methoxy groups -OCH3 is 3. The number of ether oxygens (including phenoxy) is 4. The summed E-state index contributed by atoms with van der Waals surface area (Å²) in [4.78, 5) is 18.2. The van der Waals surface area contributed by atoms with Gasteiger partial charge < -0.3 is 24.1 Å². The van der Waals surface area contributed by atoms with E-state index in [2.05, 4.69) is 4.98 Å². The second-order valence-corrected chi connectivity index (χ2v) is 8.57. The number of hydrogen-bond acceptors (Lipinski definition) is 6. The van der Waals surface area contributed by atoms with Gasteiger partial charge in [0.1, 0.15) is 17.2 Å². The van der Waals surface area contributed by atoms with E-state index in [4.69, 9.17) is 18.9 Å². The summed E-state index contributed by atoms with van der Waals surface area (Å²) in [5.41, 5.74) is 3.73. The van der Waals surface area contributed by atoms with Crippen LogP contribution in [0.15, 0.2) is 60.8 Å². The number of carbonyl (C=O) groups is 1. The molecule has 8 nitrogen and oxygen atoms in total. The summed E-state index contributed by atoms with van der Waals surface area (Å²) in [6.07, 6.45) is 0.620. The van der Waals surface area contributed by atoms with Crippen molar-refractivity contribution in [3.8, 4) is 28.7 Å². The third-order valence-corrected chi connectivity index (χ3v) is 6.56. The van der Waals surface area contributed by atoms with Crippen LogP contribution in [0, 0.1) is 13.8 Å². The Kier molecular flexibility index (Phi) is 7.38. The van der Waals surface area contributed by atoms with E-state index in [1.807, 2.05) is 51.1 Å². The Morgan fingerprint density at radius 1 is 0.865 bits per heavy atom. The highest BCUT2D eigenvalue weighted by atomic mass is 16.5. The lowest BCUT2D eigenvalue weighted by Gasteiger charge is -2.29. The van der Waals surface area contributed by atoms with Crippen molar-refractivity contribution in [2.45, 2.75) is 26.8 Å². The average Bonchev–Trinajstić information content (AvgIpc) is 2.91. The van der Waals surface area contributed by atoms with Crippen LogP contribution < -0.4 is 23.8 Å². The van der Waals surface area contributed by atoms with Crippen LogP contribution >= 0.6 is 0 Å². The van der Waals surface area contributed by atoms with Crippen LogP contribution in [0.3, 0.4) is 0 Å². The maximum Gasteiger partial charge on any atom is 0.412 e. The molecular weight excluding hydrogens is 472 g/mol. The first kappa shape index (κ1) is 25.6. The molecular formula is C29H30N2O6. The summed E-state index contributed by atoms with van der Waals surface area (Å²) in [6.45, 7) is 5.66. The maximum atomic E-state index is 12.4. The van der Waals surface area contributed by atoms with Gasteiger partial charge in [-0.1, -0.05) is 12.1 Å². The Morgan fingerprint density at radius 3 is 2.27 bits per heavy atom. The molecule has 1 heterocycles. The van der Waals surface area contributed by atoms with Crippen molar-refractivity contribution in [3.63, 3.8) is 0 Å². The van der Waals surface area contributed by atoms with E-state index in [9.17, 15) is 9.90 Å². The summed E-state index contributed by atoms with van der Waals surface area (Å²) < 4.78 is 22.5. The Morgan fingerprint density at radius 2 is 1.59 bits per heavy atom. The van der Waals surface area contributed by atoms with Gasteiger partial charge in [0, 0.05) is 17.6 Å². The van der Waals surface area contributed by atoms with Crippen molar-refractivity contribution in [3.05, 3.63) is 77.5 Å². The van der Waals surface area contributed by atoms with Crippen molar-refractivity contribution >= 4 is 22.7 Å². The van der Waals surface area contributed by atoms with Gasteiger partial charge in [-0.15, -0.1) is 0 Å². The number of aromatic nitrogens is 1. The molecule has 1 aromatic heterocycles. The number of fused-ring (bicyclic) bond motifs is 1. The second-order valence-electron chi connectivity index (χ2n) is 8.57. The van der Waals surface area contributed by atoms with E-state index in [-0.39, 0.29) is 0 Å². The van der Waals surface area contributed by atoms with Crippen molar-refractivity contribution in [1.82, 2.24) is 4.98 Å². The molecule has 0 aliphatic rings. The van der Waals surface area contributed by atoms with Crippen molar-refractivity contribution in [2.24, 2.45) is 0 Å². The third-order valence-electron chi connectivity index (χ3n) is 6.56. The average molecular weight is 503 g/mol. The zero-order chi connectivity index (χ0) is 26.7. The summed E-state index contributed by atoms with van der Waals surface area (Å²) in [6, 6.07) is 15.9. The largest absolute Gasteiger partial charge is 0.497 e. The summed E-state index contributed by atoms with van der Waals surface area (Å²) in [5, 5.41) is 10.9. The molecule has 0 spiro atoms. The van der Waals surface area contributed by atoms with Gasteiger partial charge in [0.05, 0.1) is 38.6 Å². The maximum absolute atomic E-state index is 12.4.